The number of aromatic nitrogens is 4. The summed E-state index contributed by atoms with van der Waals surface area (Å²) in [5.41, 5.74) is 7.12. The highest BCUT2D eigenvalue weighted by molar-refractivity contribution is 5.91. The third-order valence-electron chi connectivity index (χ3n) is 5.15. The van der Waals surface area contributed by atoms with Crippen molar-refractivity contribution in [2.75, 3.05) is 11.9 Å². The predicted molar refractivity (Wildman–Crippen MR) is 102 cm³/mol. The normalized spacial score (nSPS) is 14.9. The smallest absolute Gasteiger partial charge is 0.267 e. The van der Waals surface area contributed by atoms with Crippen LogP contribution in [0.15, 0.2) is 49.1 Å². The Morgan fingerprint density at radius 3 is 2.54 bits per heavy atom. The van der Waals surface area contributed by atoms with E-state index < -0.39 is 5.91 Å². The Morgan fingerprint density at radius 2 is 1.89 bits per heavy atom. The first-order valence-corrected chi connectivity index (χ1v) is 9.01. The fourth-order valence-corrected chi connectivity index (χ4v) is 3.44. The Labute approximate surface area is 161 Å². The van der Waals surface area contributed by atoms with E-state index in [9.17, 15) is 9.18 Å². The first-order chi connectivity index (χ1) is 13.6. The number of hydrogen-bond donors (Lipinski definition) is 2. The van der Waals surface area contributed by atoms with E-state index in [1.807, 2.05) is 0 Å². The molecule has 0 atom stereocenters. The summed E-state index contributed by atoms with van der Waals surface area (Å²) < 4.78 is 14.2. The van der Waals surface area contributed by atoms with Gasteiger partial charge in [0.2, 0.25) is 5.95 Å². The SMILES string of the molecule is NC(=O)c1cc(-c2cnc(NCC3(c4ncccc4F)CCC3)nc2)ccn1. The number of hydrogen-bond acceptors (Lipinski definition) is 6. The lowest BCUT2D eigenvalue weighted by Gasteiger charge is -2.41. The molecule has 0 aliphatic heterocycles. The number of carbonyl (C=O) groups is 1. The number of rotatable bonds is 6. The van der Waals surface area contributed by atoms with Gasteiger partial charge in [0.1, 0.15) is 11.5 Å². The average Bonchev–Trinajstić information content (AvgIpc) is 2.69. The van der Waals surface area contributed by atoms with Gasteiger partial charge in [-0.05, 0) is 42.7 Å². The molecule has 0 saturated heterocycles. The highest BCUT2D eigenvalue weighted by Crippen LogP contribution is 2.43. The number of pyridine rings is 2. The first kappa shape index (κ1) is 18.0. The van der Waals surface area contributed by atoms with E-state index in [0.29, 0.717) is 18.2 Å². The van der Waals surface area contributed by atoms with Crippen molar-refractivity contribution in [3.8, 4) is 11.1 Å². The monoisotopic (exact) mass is 378 g/mol. The van der Waals surface area contributed by atoms with Crippen LogP contribution in [0, 0.1) is 5.82 Å². The molecule has 28 heavy (non-hydrogen) atoms. The van der Waals surface area contributed by atoms with Crippen molar-refractivity contribution in [3.05, 3.63) is 66.3 Å². The van der Waals surface area contributed by atoms with Crippen molar-refractivity contribution in [1.29, 1.82) is 0 Å². The lowest BCUT2D eigenvalue weighted by molar-refractivity contribution is 0.0995. The summed E-state index contributed by atoms with van der Waals surface area (Å²) in [5, 5.41) is 3.21. The quantitative estimate of drug-likeness (QED) is 0.683. The number of nitrogens with two attached hydrogens (primary N) is 1. The van der Waals surface area contributed by atoms with Gasteiger partial charge >= 0.3 is 0 Å². The van der Waals surface area contributed by atoms with Crippen molar-refractivity contribution in [2.45, 2.75) is 24.7 Å². The van der Waals surface area contributed by atoms with Crippen LogP contribution in [0.2, 0.25) is 0 Å². The molecule has 1 aliphatic carbocycles. The maximum Gasteiger partial charge on any atom is 0.267 e. The van der Waals surface area contributed by atoms with Gasteiger partial charge in [-0.1, -0.05) is 6.42 Å². The van der Waals surface area contributed by atoms with Gasteiger partial charge in [-0.25, -0.2) is 14.4 Å². The van der Waals surface area contributed by atoms with Crippen LogP contribution >= 0.6 is 0 Å². The number of primary amides is 1. The molecule has 7 nitrogen and oxygen atoms in total. The molecular formula is C20H19FN6O. The van der Waals surface area contributed by atoms with E-state index in [0.717, 1.165) is 30.4 Å². The van der Waals surface area contributed by atoms with E-state index >= 15 is 0 Å². The zero-order valence-corrected chi connectivity index (χ0v) is 15.1. The van der Waals surface area contributed by atoms with Crippen LogP contribution in [0.25, 0.3) is 11.1 Å². The number of halogens is 1. The van der Waals surface area contributed by atoms with Crippen LogP contribution in [0.3, 0.4) is 0 Å². The zero-order valence-electron chi connectivity index (χ0n) is 15.1. The number of carbonyl (C=O) groups excluding carboxylic acids is 1. The Balaban J connectivity index is 1.49. The molecule has 142 valence electrons. The minimum absolute atomic E-state index is 0.184. The summed E-state index contributed by atoms with van der Waals surface area (Å²) in [6, 6.07) is 6.40. The molecule has 1 saturated carbocycles. The lowest BCUT2D eigenvalue weighted by atomic mass is 9.66. The second-order valence-electron chi connectivity index (χ2n) is 6.91. The second kappa shape index (κ2) is 7.30. The molecule has 0 radical (unpaired) electrons. The van der Waals surface area contributed by atoms with Crippen LogP contribution < -0.4 is 11.1 Å². The zero-order chi connectivity index (χ0) is 19.6. The summed E-state index contributed by atoms with van der Waals surface area (Å²) in [5.74, 6) is -0.410. The second-order valence-corrected chi connectivity index (χ2v) is 6.91. The third-order valence-corrected chi connectivity index (χ3v) is 5.15. The summed E-state index contributed by atoms with van der Waals surface area (Å²) in [4.78, 5) is 28.1. The standard InChI is InChI=1S/C20H19FN6O/c21-15-3-1-7-24-17(15)20(5-2-6-20)12-27-19-25-10-14(11-26-19)13-4-8-23-16(9-13)18(22)28/h1,3-4,7-11H,2,5-6,12H2,(H2,22,28)(H,25,26,27). The highest BCUT2D eigenvalue weighted by Gasteiger charge is 2.41. The summed E-state index contributed by atoms with van der Waals surface area (Å²) >= 11 is 0. The van der Waals surface area contributed by atoms with Crippen LogP contribution in [0.1, 0.15) is 35.4 Å². The van der Waals surface area contributed by atoms with Gasteiger partial charge in [-0.15, -0.1) is 0 Å². The van der Waals surface area contributed by atoms with Crippen molar-refractivity contribution in [3.63, 3.8) is 0 Å². The van der Waals surface area contributed by atoms with E-state index in [-0.39, 0.29) is 16.9 Å². The molecule has 0 spiro atoms. The molecule has 1 aliphatic rings. The van der Waals surface area contributed by atoms with Crippen LogP contribution in [-0.4, -0.2) is 32.4 Å². The summed E-state index contributed by atoms with van der Waals surface area (Å²) in [7, 11) is 0. The first-order valence-electron chi connectivity index (χ1n) is 9.01. The predicted octanol–water partition coefficient (Wildman–Crippen LogP) is 2.71. The fourth-order valence-electron chi connectivity index (χ4n) is 3.44. The molecule has 0 aromatic carbocycles. The summed E-state index contributed by atoms with van der Waals surface area (Å²) in [6.45, 7) is 0.515. The molecule has 3 N–H and O–H groups in total. The number of anilines is 1. The Kier molecular flexibility index (Phi) is 4.68. The molecule has 0 unspecified atom stereocenters. The van der Waals surface area contributed by atoms with Crippen LogP contribution in [0.5, 0.6) is 0 Å². The average molecular weight is 378 g/mol. The number of nitrogens with zero attached hydrogens (tertiary/aromatic N) is 4. The minimum atomic E-state index is -0.589. The molecular weight excluding hydrogens is 359 g/mol. The molecule has 1 fully saturated rings. The Morgan fingerprint density at radius 1 is 1.11 bits per heavy atom. The minimum Gasteiger partial charge on any atom is -0.364 e. The van der Waals surface area contributed by atoms with Gasteiger partial charge in [0.15, 0.2) is 0 Å². The largest absolute Gasteiger partial charge is 0.364 e. The summed E-state index contributed by atoms with van der Waals surface area (Å²) in [6.07, 6.45) is 9.25. The maximum absolute atomic E-state index is 14.2. The maximum atomic E-state index is 14.2. The van der Waals surface area contributed by atoms with E-state index in [1.54, 1.807) is 36.8 Å². The van der Waals surface area contributed by atoms with Gasteiger partial charge in [0, 0.05) is 42.3 Å². The Hall–Kier alpha value is -3.42. The molecule has 0 bridgehead atoms. The number of nitrogens with one attached hydrogen (secondary N) is 1. The van der Waals surface area contributed by atoms with Gasteiger partial charge in [0.25, 0.3) is 5.91 Å². The lowest BCUT2D eigenvalue weighted by Crippen LogP contribution is -2.42. The molecule has 3 aromatic heterocycles. The van der Waals surface area contributed by atoms with Crippen molar-refractivity contribution >= 4 is 11.9 Å². The van der Waals surface area contributed by atoms with Crippen LogP contribution in [-0.2, 0) is 5.41 Å². The van der Waals surface area contributed by atoms with Gasteiger partial charge in [-0.3, -0.25) is 14.8 Å². The fraction of sp³-hybridized carbons (Fsp3) is 0.250. The van der Waals surface area contributed by atoms with Gasteiger partial charge in [-0.2, -0.15) is 0 Å². The van der Waals surface area contributed by atoms with Crippen molar-refractivity contribution < 1.29 is 9.18 Å². The van der Waals surface area contributed by atoms with E-state index in [1.165, 1.54) is 12.3 Å². The van der Waals surface area contributed by atoms with E-state index in [4.69, 9.17) is 5.73 Å². The molecule has 4 rings (SSSR count). The number of amides is 1. The molecule has 3 aromatic rings. The third kappa shape index (κ3) is 3.40. The molecule has 3 heterocycles. The van der Waals surface area contributed by atoms with Crippen molar-refractivity contribution in [1.82, 2.24) is 19.9 Å². The van der Waals surface area contributed by atoms with Gasteiger partial charge in [0.05, 0.1) is 5.69 Å². The molecule has 8 heteroatoms. The van der Waals surface area contributed by atoms with Crippen LogP contribution in [0.4, 0.5) is 10.3 Å². The van der Waals surface area contributed by atoms with Crippen molar-refractivity contribution in [2.24, 2.45) is 5.73 Å². The highest BCUT2D eigenvalue weighted by atomic mass is 19.1. The topological polar surface area (TPSA) is 107 Å². The van der Waals surface area contributed by atoms with Gasteiger partial charge < -0.3 is 11.1 Å². The Bertz CT molecular complexity index is 1000. The molecule has 1 amide bonds. The van der Waals surface area contributed by atoms with E-state index in [2.05, 4.69) is 25.3 Å².